The van der Waals surface area contributed by atoms with E-state index in [9.17, 15) is 19.6 Å². The van der Waals surface area contributed by atoms with Crippen LogP contribution in [0.1, 0.15) is 41.8 Å². The number of benzene rings is 4. The molecule has 49 heavy (non-hydrogen) atoms. The summed E-state index contributed by atoms with van der Waals surface area (Å²) in [5.41, 5.74) is 3.67. The van der Waals surface area contributed by atoms with E-state index in [-0.39, 0.29) is 11.6 Å². The number of rotatable bonds is 13. The predicted octanol–water partition coefficient (Wildman–Crippen LogP) is 8.60. The Kier molecular flexibility index (Phi) is 12.0. The molecule has 5 aromatic rings. The predicted molar refractivity (Wildman–Crippen MR) is 198 cm³/mol. The minimum Gasteiger partial charge on any atom is -0.493 e. The number of carbonyl (C=O) groups excluding carboxylic acids is 3. The summed E-state index contributed by atoms with van der Waals surface area (Å²) in [5.74, 6) is -0.606. The molecule has 0 radical (unpaired) electrons. The molecule has 1 atom stereocenters. The van der Waals surface area contributed by atoms with Gasteiger partial charge in [0.1, 0.15) is 22.5 Å². The number of para-hydroxylation sites is 1. The fourth-order valence-electron chi connectivity index (χ4n) is 4.90. The van der Waals surface area contributed by atoms with E-state index in [2.05, 4.69) is 22.0 Å². The molecular formula is C39H34N4O4S2. The van der Waals surface area contributed by atoms with Crippen LogP contribution >= 0.6 is 23.1 Å². The summed E-state index contributed by atoms with van der Waals surface area (Å²) in [6.07, 6.45) is 2.12. The molecule has 0 bridgehead atoms. The fourth-order valence-corrected chi connectivity index (χ4v) is 6.84. The van der Waals surface area contributed by atoms with Crippen molar-refractivity contribution in [3.63, 3.8) is 0 Å². The minimum atomic E-state index is -0.529. The second-order valence-electron chi connectivity index (χ2n) is 10.7. The molecule has 0 spiro atoms. The molecule has 0 saturated heterocycles. The van der Waals surface area contributed by atoms with Gasteiger partial charge in [0.05, 0.1) is 17.4 Å². The van der Waals surface area contributed by atoms with Crippen molar-refractivity contribution in [3.05, 3.63) is 137 Å². The van der Waals surface area contributed by atoms with Gasteiger partial charge in [0.2, 0.25) is 5.91 Å². The Morgan fingerprint density at radius 3 is 2.33 bits per heavy atom. The minimum absolute atomic E-state index is 0.0315. The number of thiophene rings is 1. The molecule has 8 nitrogen and oxygen atoms in total. The van der Waals surface area contributed by atoms with E-state index in [0.29, 0.717) is 46.2 Å². The molecule has 0 saturated carbocycles. The van der Waals surface area contributed by atoms with Crippen molar-refractivity contribution in [1.29, 1.82) is 5.26 Å². The highest BCUT2D eigenvalue weighted by Crippen LogP contribution is 2.36. The summed E-state index contributed by atoms with van der Waals surface area (Å²) in [6, 6.07) is 34.9. The van der Waals surface area contributed by atoms with Crippen LogP contribution in [0.25, 0.3) is 17.2 Å². The molecule has 10 heteroatoms. The van der Waals surface area contributed by atoms with E-state index in [4.69, 9.17) is 4.74 Å². The molecule has 0 fully saturated rings. The number of carbonyl (C=O) groups is 3. The van der Waals surface area contributed by atoms with Crippen LogP contribution in [-0.2, 0) is 9.59 Å². The van der Waals surface area contributed by atoms with Gasteiger partial charge >= 0.3 is 0 Å². The average molecular weight is 687 g/mol. The maximum absolute atomic E-state index is 13.7. The van der Waals surface area contributed by atoms with Gasteiger partial charge in [-0.25, -0.2) is 0 Å². The number of ether oxygens (including phenoxy) is 1. The lowest BCUT2D eigenvalue weighted by molar-refractivity contribution is -0.116. The highest BCUT2D eigenvalue weighted by Gasteiger charge is 2.22. The highest BCUT2D eigenvalue weighted by atomic mass is 32.2. The molecule has 1 heterocycles. The van der Waals surface area contributed by atoms with Crippen LogP contribution in [0.5, 0.6) is 5.75 Å². The van der Waals surface area contributed by atoms with E-state index in [1.807, 2.05) is 73.8 Å². The van der Waals surface area contributed by atoms with Crippen LogP contribution in [0.4, 0.5) is 10.7 Å². The summed E-state index contributed by atoms with van der Waals surface area (Å²) in [6.45, 7) is 4.23. The van der Waals surface area contributed by atoms with E-state index in [1.54, 1.807) is 60.7 Å². The Morgan fingerprint density at radius 1 is 0.898 bits per heavy atom. The van der Waals surface area contributed by atoms with Crippen LogP contribution in [0.2, 0.25) is 0 Å². The number of nitriles is 1. The molecule has 1 aromatic heterocycles. The second-order valence-corrected chi connectivity index (χ2v) is 12.8. The topological polar surface area (TPSA) is 120 Å². The monoisotopic (exact) mass is 686 g/mol. The SMILES string of the molecule is CCOc1ccccc1/C=C(/NC(=O)c1ccccc1)C(=O)Nc1cccc(SC(CC)C(=O)Nc2scc(-c3ccccc3)c2C#N)c1. The van der Waals surface area contributed by atoms with E-state index in [1.165, 1.54) is 23.1 Å². The molecule has 3 N–H and O–H groups in total. The first-order valence-corrected chi connectivity index (χ1v) is 17.4. The van der Waals surface area contributed by atoms with Gasteiger partial charge in [-0.05, 0) is 61.4 Å². The Balaban J connectivity index is 1.32. The maximum Gasteiger partial charge on any atom is 0.272 e. The first kappa shape index (κ1) is 34.7. The average Bonchev–Trinajstić information content (AvgIpc) is 3.54. The third-order valence-electron chi connectivity index (χ3n) is 7.31. The van der Waals surface area contributed by atoms with Crippen molar-refractivity contribution in [1.82, 2.24) is 5.32 Å². The number of amides is 3. The van der Waals surface area contributed by atoms with Crippen molar-refractivity contribution in [2.75, 3.05) is 17.2 Å². The standard InChI is InChI=1S/C39H34N4O4S2/c1-3-35(38(46)43-39-31(24-40)32(25-48-39)26-14-7-5-8-15-26)49-30-20-13-19-29(23-30)41-37(45)33(42-36(44)27-16-9-6-10-17-27)22-28-18-11-12-21-34(28)47-4-2/h5-23,25,35H,3-4H2,1-2H3,(H,41,45)(H,42,44)(H,43,46)/b33-22+. The highest BCUT2D eigenvalue weighted by molar-refractivity contribution is 8.00. The molecule has 4 aromatic carbocycles. The molecule has 0 aliphatic carbocycles. The molecular weight excluding hydrogens is 653 g/mol. The van der Waals surface area contributed by atoms with Crippen LogP contribution in [0.3, 0.4) is 0 Å². The third-order valence-corrected chi connectivity index (χ3v) is 9.56. The lowest BCUT2D eigenvalue weighted by atomic mass is 10.1. The Bertz CT molecular complexity index is 2000. The van der Waals surface area contributed by atoms with Gasteiger partial charge in [0.15, 0.2) is 0 Å². The Labute approximate surface area is 293 Å². The summed E-state index contributed by atoms with van der Waals surface area (Å²) in [4.78, 5) is 41.0. The van der Waals surface area contributed by atoms with Crippen molar-refractivity contribution in [3.8, 4) is 22.9 Å². The van der Waals surface area contributed by atoms with Crippen molar-refractivity contribution < 1.29 is 19.1 Å². The zero-order valence-electron chi connectivity index (χ0n) is 26.9. The normalized spacial score (nSPS) is 11.6. The molecule has 5 rings (SSSR count). The maximum atomic E-state index is 13.7. The summed E-state index contributed by atoms with van der Waals surface area (Å²) in [7, 11) is 0. The number of hydrogen-bond acceptors (Lipinski definition) is 7. The van der Waals surface area contributed by atoms with E-state index < -0.39 is 17.1 Å². The smallest absolute Gasteiger partial charge is 0.272 e. The van der Waals surface area contributed by atoms with E-state index in [0.717, 1.165) is 16.0 Å². The quantitative estimate of drug-likeness (QED) is 0.0843. The number of anilines is 2. The molecule has 0 aliphatic heterocycles. The lowest BCUT2D eigenvalue weighted by Gasteiger charge is -2.16. The van der Waals surface area contributed by atoms with Crippen molar-refractivity contribution >= 4 is 57.6 Å². The zero-order chi connectivity index (χ0) is 34.6. The number of nitrogens with one attached hydrogen (secondary N) is 3. The summed E-state index contributed by atoms with van der Waals surface area (Å²) in [5, 5.41) is 20.4. The van der Waals surface area contributed by atoms with Crippen molar-refractivity contribution in [2.45, 2.75) is 30.4 Å². The molecule has 0 aliphatic rings. The van der Waals surface area contributed by atoms with Crippen LogP contribution < -0.4 is 20.7 Å². The number of hydrogen-bond donors (Lipinski definition) is 3. The Morgan fingerprint density at radius 2 is 1.61 bits per heavy atom. The van der Waals surface area contributed by atoms with Gasteiger partial charge in [0, 0.05) is 32.7 Å². The molecule has 246 valence electrons. The molecule has 3 amide bonds. The first-order chi connectivity index (χ1) is 23.9. The van der Waals surface area contributed by atoms with Crippen LogP contribution in [-0.4, -0.2) is 29.6 Å². The zero-order valence-corrected chi connectivity index (χ0v) is 28.6. The first-order valence-electron chi connectivity index (χ1n) is 15.7. The van der Waals surface area contributed by atoms with Gasteiger partial charge in [-0.1, -0.05) is 79.7 Å². The fraction of sp³-hybridized carbons (Fsp3) is 0.128. The lowest BCUT2D eigenvalue weighted by Crippen LogP contribution is -2.30. The van der Waals surface area contributed by atoms with Crippen molar-refractivity contribution in [2.24, 2.45) is 0 Å². The Hall–Kier alpha value is -5.63. The van der Waals surface area contributed by atoms with Gasteiger partial charge in [-0.2, -0.15) is 5.26 Å². The van der Waals surface area contributed by atoms with Gasteiger partial charge in [-0.15, -0.1) is 23.1 Å². The third kappa shape index (κ3) is 9.05. The second kappa shape index (κ2) is 17.0. The molecule has 1 unspecified atom stereocenters. The van der Waals surface area contributed by atoms with Gasteiger partial charge in [-0.3, -0.25) is 14.4 Å². The number of nitrogens with zero attached hydrogens (tertiary/aromatic N) is 1. The summed E-state index contributed by atoms with van der Waals surface area (Å²) >= 11 is 2.68. The van der Waals surface area contributed by atoms with Crippen LogP contribution in [0, 0.1) is 11.3 Å². The van der Waals surface area contributed by atoms with Gasteiger partial charge in [0.25, 0.3) is 11.8 Å². The van der Waals surface area contributed by atoms with Crippen LogP contribution in [0.15, 0.2) is 125 Å². The summed E-state index contributed by atoms with van der Waals surface area (Å²) < 4.78 is 5.74. The van der Waals surface area contributed by atoms with E-state index >= 15 is 0 Å². The number of thioether (sulfide) groups is 1. The largest absolute Gasteiger partial charge is 0.493 e. The van der Waals surface area contributed by atoms with Gasteiger partial charge < -0.3 is 20.7 Å².